The molecular formula is C15H22N2O3S. The minimum atomic E-state index is -0.920. The number of amides is 1. The van der Waals surface area contributed by atoms with Crippen LogP contribution in [0.4, 0.5) is 0 Å². The van der Waals surface area contributed by atoms with Crippen LogP contribution in [0.5, 0.6) is 0 Å². The molecule has 1 aromatic heterocycles. The van der Waals surface area contributed by atoms with Crippen LogP contribution in [0.1, 0.15) is 31.7 Å². The fraction of sp³-hybridized carbons (Fsp3) is 0.600. The second kappa shape index (κ2) is 6.58. The van der Waals surface area contributed by atoms with Crippen LogP contribution in [0.3, 0.4) is 0 Å². The number of hydrogen-bond donors (Lipinski definition) is 1. The average Bonchev–Trinajstić information content (AvgIpc) is 2.94. The summed E-state index contributed by atoms with van der Waals surface area (Å²) in [6, 6.07) is 2.00. The maximum absolute atomic E-state index is 12.3. The van der Waals surface area contributed by atoms with E-state index in [1.54, 1.807) is 30.2 Å². The zero-order valence-electron chi connectivity index (χ0n) is 12.5. The lowest BCUT2D eigenvalue weighted by Crippen LogP contribution is -2.57. The second-order valence-corrected chi connectivity index (χ2v) is 6.62. The van der Waals surface area contributed by atoms with Gasteiger partial charge >= 0.3 is 5.97 Å². The number of nitrogens with zero attached hydrogens (tertiary/aromatic N) is 2. The number of hydrogen-bond acceptors (Lipinski definition) is 4. The zero-order chi connectivity index (χ0) is 15.5. The molecule has 1 aliphatic heterocycles. The van der Waals surface area contributed by atoms with Crippen molar-refractivity contribution in [2.75, 3.05) is 20.1 Å². The predicted octanol–water partition coefficient (Wildman–Crippen LogP) is 2.04. The molecule has 1 N–H and O–H groups in total. The van der Waals surface area contributed by atoms with Crippen molar-refractivity contribution < 1.29 is 14.7 Å². The van der Waals surface area contributed by atoms with Crippen molar-refractivity contribution in [1.82, 2.24) is 9.80 Å². The summed E-state index contributed by atoms with van der Waals surface area (Å²) in [4.78, 5) is 27.3. The van der Waals surface area contributed by atoms with Crippen LogP contribution in [-0.4, -0.2) is 52.5 Å². The largest absolute Gasteiger partial charge is 0.480 e. The minimum absolute atomic E-state index is 0.0319. The highest BCUT2D eigenvalue weighted by Gasteiger charge is 2.42. The summed E-state index contributed by atoms with van der Waals surface area (Å²) in [7, 11) is 1.77. The smallest absolute Gasteiger partial charge is 0.323 e. The number of carboxylic acid groups (broad SMARTS) is 1. The first-order valence-electron chi connectivity index (χ1n) is 7.17. The summed E-state index contributed by atoms with van der Waals surface area (Å²) in [5.74, 6) is -0.869. The molecule has 116 valence electrons. The van der Waals surface area contributed by atoms with E-state index in [1.807, 2.05) is 21.7 Å². The molecule has 2 rings (SSSR count). The van der Waals surface area contributed by atoms with Gasteiger partial charge in [0, 0.05) is 13.6 Å². The number of carbonyl (C=O) groups is 2. The molecule has 2 heterocycles. The normalized spacial score (nSPS) is 23.0. The molecule has 0 aromatic carbocycles. The average molecular weight is 310 g/mol. The Morgan fingerprint density at radius 1 is 1.48 bits per heavy atom. The standard InChI is InChI=1S/C15H22N2O3S/c1-15(14(19)20)6-3-4-7-17(15)10-13(18)16(2)9-12-5-8-21-11-12/h5,8,11H,3-4,6-7,9-10H2,1-2H3,(H,19,20). The van der Waals surface area contributed by atoms with E-state index in [2.05, 4.69) is 0 Å². The van der Waals surface area contributed by atoms with E-state index in [0.717, 1.165) is 18.4 Å². The van der Waals surface area contributed by atoms with Crippen LogP contribution in [0.2, 0.25) is 0 Å². The molecule has 1 fully saturated rings. The van der Waals surface area contributed by atoms with Crippen molar-refractivity contribution in [3.63, 3.8) is 0 Å². The number of likely N-dealkylation sites (N-methyl/N-ethyl adjacent to an activating group) is 1. The van der Waals surface area contributed by atoms with E-state index in [4.69, 9.17) is 0 Å². The summed E-state index contributed by atoms with van der Waals surface area (Å²) in [5.41, 5.74) is 0.187. The molecular weight excluding hydrogens is 288 g/mol. The molecule has 1 unspecified atom stereocenters. The van der Waals surface area contributed by atoms with Gasteiger partial charge in [-0.15, -0.1) is 0 Å². The van der Waals surface area contributed by atoms with Crippen LogP contribution >= 0.6 is 11.3 Å². The molecule has 0 saturated carbocycles. The number of thiophene rings is 1. The van der Waals surface area contributed by atoms with Gasteiger partial charge in [0.2, 0.25) is 5.91 Å². The minimum Gasteiger partial charge on any atom is -0.480 e. The van der Waals surface area contributed by atoms with E-state index >= 15 is 0 Å². The van der Waals surface area contributed by atoms with E-state index in [1.165, 1.54) is 0 Å². The zero-order valence-corrected chi connectivity index (χ0v) is 13.4. The lowest BCUT2D eigenvalue weighted by molar-refractivity contribution is -0.154. The van der Waals surface area contributed by atoms with Crippen molar-refractivity contribution in [1.29, 1.82) is 0 Å². The first-order valence-corrected chi connectivity index (χ1v) is 8.11. The molecule has 0 bridgehead atoms. The monoisotopic (exact) mass is 310 g/mol. The van der Waals surface area contributed by atoms with Crippen LogP contribution in [0.15, 0.2) is 16.8 Å². The fourth-order valence-corrected chi connectivity index (χ4v) is 3.36. The lowest BCUT2D eigenvalue weighted by atomic mass is 9.88. The van der Waals surface area contributed by atoms with Crippen molar-refractivity contribution in [2.24, 2.45) is 0 Å². The predicted molar refractivity (Wildman–Crippen MR) is 82.3 cm³/mol. The van der Waals surface area contributed by atoms with Gasteiger partial charge in [-0.05, 0) is 55.1 Å². The molecule has 1 aliphatic rings. The number of aliphatic carboxylic acids is 1. The highest BCUT2D eigenvalue weighted by molar-refractivity contribution is 7.07. The molecule has 1 atom stereocenters. The molecule has 21 heavy (non-hydrogen) atoms. The van der Waals surface area contributed by atoms with Gasteiger partial charge in [-0.1, -0.05) is 0 Å². The maximum atomic E-state index is 12.3. The highest BCUT2D eigenvalue weighted by atomic mass is 32.1. The van der Waals surface area contributed by atoms with Crippen molar-refractivity contribution in [3.8, 4) is 0 Å². The lowest BCUT2D eigenvalue weighted by Gasteiger charge is -2.41. The summed E-state index contributed by atoms with van der Waals surface area (Å²) < 4.78 is 0. The van der Waals surface area contributed by atoms with E-state index in [-0.39, 0.29) is 12.5 Å². The van der Waals surface area contributed by atoms with Gasteiger partial charge in [-0.25, -0.2) is 0 Å². The third-order valence-electron chi connectivity index (χ3n) is 4.25. The Morgan fingerprint density at radius 3 is 2.86 bits per heavy atom. The Kier molecular flexibility index (Phi) is 5.00. The first kappa shape index (κ1) is 16.0. The van der Waals surface area contributed by atoms with Gasteiger partial charge in [0.25, 0.3) is 0 Å². The Labute approximate surface area is 129 Å². The quantitative estimate of drug-likeness (QED) is 0.904. The summed E-state index contributed by atoms with van der Waals surface area (Å²) in [6.07, 6.45) is 2.45. The van der Waals surface area contributed by atoms with Crippen LogP contribution < -0.4 is 0 Å². The Hall–Kier alpha value is -1.40. The maximum Gasteiger partial charge on any atom is 0.323 e. The van der Waals surface area contributed by atoms with Gasteiger partial charge in [0.15, 0.2) is 0 Å². The van der Waals surface area contributed by atoms with E-state index in [0.29, 0.717) is 19.5 Å². The summed E-state index contributed by atoms with van der Waals surface area (Å²) in [6.45, 7) is 3.13. The number of likely N-dealkylation sites (tertiary alicyclic amines) is 1. The van der Waals surface area contributed by atoms with E-state index < -0.39 is 11.5 Å². The summed E-state index contributed by atoms with van der Waals surface area (Å²) in [5, 5.41) is 13.5. The number of carboxylic acids is 1. The molecule has 5 nitrogen and oxygen atoms in total. The van der Waals surface area contributed by atoms with Gasteiger partial charge in [0.05, 0.1) is 6.54 Å². The van der Waals surface area contributed by atoms with Crippen LogP contribution in [0.25, 0.3) is 0 Å². The molecule has 1 aromatic rings. The molecule has 1 amide bonds. The molecule has 0 radical (unpaired) electrons. The third kappa shape index (κ3) is 3.63. The molecule has 0 spiro atoms. The van der Waals surface area contributed by atoms with Gasteiger partial charge in [0.1, 0.15) is 5.54 Å². The SMILES string of the molecule is CN(Cc1ccsc1)C(=O)CN1CCCCC1(C)C(=O)O. The summed E-state index contributed by atoms with van der Waals surface area (Å²) >= 11 is 1.61. The van der Waals surface area contributed by atoms with Gasteiger partial charge < -0.3 is 10.0 Å². The van der Waals surface area contributed by atoms with Gasteiger partial charge in [-0.2, -0.15) is 11.3 Å². The Balaban J connectivity index is 1.98. The van der Waals surface area contributed by atoms with Crippen molar-refractivity contribution in [3.05, 3.63) is 22.4 Å². The second-order valence-electron chi connectivity index (χ2n) is 5.84. The molecule has 6 heteroatoms. The molecule has 1 saturated heterocycles. The van der Waals surface area contributed by atoms with Crippen molar-refractivity contribution in [2.45, 2.75) is 38.3 Å². The van der Waals surface area contributed by atoms with Crippen LogP contribution in [-0.2, 0) is 16.1 Å². The number of carbonyl (C=O) groups excluding carboxylic acids is 1. The highest BCUT2D eigenvalue weighted by Crippen LogP contribution is 2.28. The molecule has 0 aliphatic carbocycles. The topological polar surface area (TPSA) is 60.9 Å². The number of piperidine rings is 1. The van der Waals surface area contributed by atoms with Gasteiger partial charge in [-0.3, -0.25) is 14.5 Å². The first-order chi connectivity index (χ1) is 9.93. The van der Waals surface area contributed by atoms with Crippen LogP contribution in [0, 0.1) is 0 Å². The van der Waals surface area contributed by atoms with Crippen molar-refractivity contribution >= 4 is 23.2 Å². The fourth-order valence-electron chi connectivity index (χ4n) is 2.70. The third-order valence-corrected chi connectivity index (χ3v) is 4.98. The Bertz CT molecular complexity index is 503. The Morgan fingerprint density at radius 2 is 2.24 bits per heavy atom. The van der Waals surface area contributed by atoms with E-state index in [9.17, 15) is 14.7 Å². The number of rotatable bonds is 5.